The Morgan fingerprint density at radius 2 is 1.98 bits per heavy atom. The highest BCUT2D eigenvalue weighted by atomic mass is 19.1. The van der Waals surface area contributed by atoms with Gasteiger partial charge in [0, 0.05) is 55.0 Å². The second-order valence-corrected chi connectivity index (χ2v) is 11.2. The minimum Gasteiger partial charge on any atom is -0.362 e. The van der Waals surface area contributed by atoms with Crippen LogP contribution in [0.25, 0.3) is 11.3 Å². The van der Waals surface area contributed by atoms with Crippen LogP contribution in [0.15, 0.2) is 48.8 Å². The lowest BCUT2D eigenvalue weighted by molar-refractivity contribution is 0.337. The number of hydrogen-bond donors (Lipinski definition) is 1. The number of anilines is 1. The van der Waals surface area contributed by atoms with Crippen molar-refractivity contribution in [2.24, 2.45) is 0 Å². The van der Waals surface area contributed by atoms with Crippen molar-refractivity contribution in [3.8, 4) is 5.69 Å². The van der Waals surface area contributed by atoms with Crippen LogP contribution < -0.4 is 4.90 Å². The van der Waals surface area contributed by atoms with Gasteiger partial charge in [-0.05, 0) is 47.6 Å². The summed E-state index contributed by atoms with van der Waals surface area (Å²) in [5.74, 6) is 0.284. The largest absolute Gasteiger partial charge is 0.362 e. The molecular formula is C33H37F2N5. The molecule has 1 aliphatic carbocycles. The van der Waals surface area contributed by atoms with E-state index in [-0.39, 0.29) is 11.7 Å². The van der Waals surface area contributed by atoms with Crippen LogP contribution in [0, 0.1) is 5.82 Å². The van der Waals surface area contributed by atoms with Crippen LogP contribution in [0.1, 0.15) is 97.5 Å². The molecule has 1 aliphatic heterocycles. The molecule has 4 heterocycles. The molecule has 6 rings (SSSR count). The zero-order valence-electron chi connectivity index (χ0n) is 23.8. The number of halogens is 2. The number of aromatic nitrogens is 4. The van der Waals surface area contributed by atoms with E-state index in [1.165, 1.54) is 11.1 Å². The first-order chi connectivity index (χ1) is 19.4. The van der Waals surface area contributed by atoms with E-state index in [0.717, 1.165) is 58.6 Å². The third-order valence-electron chi connectivity index (χ3n) is 8.32. The quantitative estimate of drug-likeness (QED) is 0.260. The van der Waals surface area contributed by atoms with Gasteiger partial charge in [0.05, 0.1) is 22.8 Å². The Labute approximate surface area is 235 Å². The summed E-state index contributed by atoms with van der Waals surface area (Å²) in [6, 6.07) is 10.1. The maximum absolute atomic E-state index is 15.3. The van der Waals surface area contributed by atoms with Gasteiger partial charge in [-0.3, -0.25) is 0 Å². The van der Waals surface area contributed by atoms with E-state index in [1.807, 2.05) is 37.1 Å². The average Bonchev–Trinajstić information content (AvgIpc) is 3.59. The van der Waals surface area contributed by atoms with E-state index in [0.29, 0.717) is 37.4 Å². The van der Waals surface area contributed by atoms with Crippen molar-refractivity contribution in [1.82, 2.24) is 19.7 Å². The Kier molecular flexibility index (Phi) is 7.07. The highest BCUT2D eigenvalue weighted by Crippen LogP contribution is 2.42. The van der Waals surface area contributed by atoms with Gasteiger partial charge in [0.1, 0.15) is 6.17 Å². The number of allylic oxidation sites excluding steroid dienone is 1. The molecule has 1 aromatic carbocycles. The summed E-state index contributed by atoms with van der Waals surface area (Å²) in [4.78, 5) is 9.72. The van der Waals surface area contributed by atoms with Crippen LogP contribution in [-0.4, -0.2) is 26.3 Å². The fourth-order valence-corrected chi connectivity index (χ4v) is 6.21. The maximum atomic E-state index is 15.3. The normalized spacial score (nSPS) is 16.7. The Morgan fingerprint density at radius 3 is 2.73 bits per heavy atom. The van der Waals surface area contributed by atoms with E-state index in [9.17, 15) is 4.39 Å². The van der Waals surface area contributed by atoms with Gasteiger partial charge in [0.2, 0.25) is 0 Å². The number of aryl methyl sites for hydroxylation is 2. The van der Waals surface area contributed by atoms with Crippen LogP contribution in [0.4, 0.5) is 14.6 Å². The number of benzene rings is 1. The molecule has 1 atom stereocenters. The van der Waals surface area contributed by atoms with E-state index in [2.05, 4.69) is 46.7 Å². The topological polar surface area (TPSA) is 49.7 Å². The molecule has 0 saturated carbocycles. The van der Waals surface area contributed by atoms with Gasteiger partial charge >= 0.3 is 0 Å². The molecule has 2 aliphatic rings. The monoisotopic (exact) mass is 541 g/mol. The molecule has 0 spiro atoms. The number of rotatable bonds is 7. The third-order valence-corrected chi connectivity index (χ3v) is 8.32. The first-order valence-corrected chi connectivity index (χ1v) is 14.6. The fourth-order valence-electron chi connectivity index (χ4n) is 6.21. The van der Waals surface area contributed by atoms with Crippen molar-refractivity contribution < 1.29 is 8.78 Å². The lowest BCUT2D eigenvalue weighted by Gasteiger charge is -2.29. The summed E-state index contributed by atoms with van der Waals surface area (Å²) in [5, 5.41) is 5.24. The van der Waals surface area contributed by atoms with Gasteiger partial charge in [0.15, 0.2) is 11.6 Å². The van der Waals surface area contributed by atoms with Gasteiger partial charge in [-0.1, -0.05) is 58.4 Å². The lowest BCUT2D eigenvalue weighted by Crippen LogP contribution is -2.32. The molecule has 0 radical (unpaired) electrons. The van der Waals surface area contributed by atoms with Crippen molar-refractivity contribution in [3.05, 3.63) is 99.5 Å². The fraction of sp³-hybridized carbons (Fsp3) is 0.394. The molecule has 1 N–H and O–H groups in total. The molecule has 208 valence electrons. The van der Waals surface area contributed by atoms with Crippen molar-refractivity contribution in [2.45, 2.75) is 78.4 Å². The summed E-state index contributed by atoms with van der Waals surface area (Å²) < 4.78 is 32.4. The zero-order valence-corrected chi connectivity index (χ0v) is 23.8. The number of nitrogens with one attached hydrogen (secondary N) is 1. The number of H-pyrrole nitrogens is 1. The van der Waals surface area contributed by atoms with E-state index in [4.69, 9.17) is 5.10 Å². The summed E-state index contributed by atoms with van der Waals surface area (Å²) in [5.41, 5.74) is 10.0. The molecule has 5 nitrogen and oxygen atoms in total. The highest BCUT2D eigenvalue weighted by molar-refractivity contribution is 5.84. The summed E-state index contributed by atoms with van der Waals surface area (Å²) in [6.45, 7) is 9.57. The molecule has 0 amide bonds. The summed E-state index contributed by atoms with van der Waals surface area (Å²) >= 11 is 0. The van der Waals surface area contributed by atoms with Gasteiger partial charge in [-0.25, -0.2) is 18.4 Å². The Bertz CT molecular complexity index is 1580. The standard InChI is InChI=1S/C33H37F2N5/c1-5-8-22-10-7-9-21(6-2)31(22)40-32(25-11-12-27(34)30-24(25)13-15-36-30)26-19-39(16-14-29(26)38-40)33-28(35)17-23(18-37-33)20(3)4/h7,9-11,13,15,17-18,20,27,36H,5-6,8,12,14,16,19H2,1-4H3. The molecule has 0 bridgehead atoms. The summed E-state index contributed by atoms with van der Waals surface area (Å²) in [6.07, 6.45) is 8.37. The first-order valence-electron chi connectivity index (χ1n) is 14.6. The molecule has 0 saturated heterocycles. The number of pyridine rings is 1. The summed E-state index contributed by atoms with van der Waals surface area (Å²) in [7, 11) is 0. The van der Waals surface area contributed by atoms with E-state index < -0.39 is 6.17 Å². The van der Waals surface area contributed by atoms with Gasteiger partial charge in [0.25, 0.3) is 0 Å². The SMILES string of the molecule is CCCc1cccc(CC)c1-n1nc2c(c1C1=CCC(F)c3[nH]ccc31)CN(c1ncc(C(C)C)cc1F)CC2. The predicted octanol–water partition coefficient (Wildman–Crippen LogP) is 7.78. The molecule has 3 aromatic heterocycles. The molecule has 7 heteroatoms. The Hall–Kier alpha value is -3.74. The number of alkyl halides is 1. The predicted molar refractivity (Wildman–Crippen MR) is 156 cm³/mol. The molecule has 0 fully saturated rings. The van der Waals surface area contributed by atoms with Crippen LogP contribution in [-0.2, 0) is 25.8 Å². The third kappa shape index (κ3) is 4.45. The van der Waals surface area contributed by atoms with Crippen molar-refractivity contribution >= 4 is 11.4 Å². The molecular weight excluding hydrogens is 504 g/mol. The first kappa shape index (κ1) is 26.5. The van der Waals surface area contributed by atoms with Crippen molar-refractivity contribution in [1.29, 1.82) is 0 Å². The van der Waals surface area contributed by atoms with Crippen LogP contribution in [0.3, 0.4) is 0 Å². The maximum Gasteiger partial charge on any atom is 0.165 e. The van der Waals surface area contributed by atoms with Crippen molar-refractivity contribution in [3.63, 3.8) is 0 Å². The van der Waals surface area contributed by atoms with E-state index in [1.54, 1.807) is 12.3 Å². The average molecular weight is 542 g/mol. The molecule has 4 aromatic rings. The van der Waals surface area contributed by atoms with Gasteiger partial charge in [-0.2, -0.15) is 5.10 Å². The number of para-hydroxylation sites is 1. The van der Waals surface area contributed by atoms with Crippen LogP contribution in [0.2, 0.25) is 0 Å². The van der Waals surface area contributed by atoms with Gasteiger partial charge < -0.3 is 9.88 Å². The number of hydrogen-bond acceptors (Lipinski definition) is 3. The minimum atomic E-state index is -1.06. The second-order valence-electron chi connectivity index (χ2n) is 11.2. The highest BCUT2D eigenvalue weighted by Gasteiger charge is 2.33. The molecule has 40 heavy (non-hydrogen) atoms. The van der Waals surface area contributed by atoms with Gasteiger partial charge in [-0.15, -0.1) is 0 Å². The lowest BCUT2D eigenvalue weighted by atomic mass is 9.89. The second kappa shape index (κ2) is 10.7. The van der Waals surface area contributed by atoms with Crippen LogP contribution in [0.5, 0.6) is 0 Å². The molecule has 1 unspecified atom stereocenters. The smallest absolute Gasteiger partial charge is 0.165 e. The van der Waals surface area contributed by atoms with E-state index >= 15 is 4.39 Å². The van der Waals surface area contributed by atoms with Crippen LogP contribution >= 0.6 is 0 Å². The minimum absolute atomic E-state index is 0.206. The van der Waals surface area contributed by atoms with Crippen molar-refractivity contribution in [2.75, 3.05) is 11.4 Å². The Balaban J connectivity index is 1.54. The number of aromatic amines is 1. The Morgan fingerprint density at radius 1 is 1.15 bits per heavy atom. The number of fused-ring (bicyclic) bond motifs is 2. The number of nitrogens with zero attached hydrogens (tertiary/aromatic N) is 4. The zero-order chi connectivity index (χ0) is 28.0.